The highest BCUT2D eigenvalue weighted by molar-refractivity contribution is 5.63. The summed E-state index contributed by atoms with van der Waals surface area (Å²) in [6.07, 6.45) is -0.691. The number of rotatable bonds is 6. The average molecular weight is 257 g/mol. The van der Waals surface area contributed by atoms with E-state index in [1.165, 1.54) is 11.1 Å². The summed E-state index contributed by atoms with van der Waals surface area (Å²) in [5.41, 5.74) is 3.56. The van der Waals surface area contributed by atoms with Crippen LogP contribution in [0, 0.1) is 0 Å². The Hall–Kier alpha value is -1.68. The van der Waals surface area contributed by atoms with Crippen LogP contribution in [0.5, 0.6) is 0 Å². The number of hydrogen-bond donors (Lipinski definition) is 3. The first-order chi connectivity index (χ1) is 9.29. The highest BCUT2D eigenvalue weighted by atomic mass is 16.3. The van der Waals surface area contributed by atoms with Gasteiger partial charge in [0.15, 0.2) is 0 Å². The van der Waals surface area contributed by atoms with Crippen molar-refractivity contribution in [1.82, 2.24) is 5.32 Å². The van der Waals surface area contributed by atoms with Gasteiger partial charge in [0.25, 0.3) is 0 Å². The molecule has 2 aromatic carbocycles. The lowest BCUT2D eigenvalue weighted by Crippen LogP contribution is -2.28. The summed E-state index contributed by atoms with van der Waals surface area (Å²) in [5.74, 6) is 0. The maximum Gasteiger partial charge on any atom is 0.0895 e. The zero-order chi connectivity index (χ0) is 13.5. The predicted molar refractivity (Wildman–Crippen MR) is 76.7 cm³/mol. The molecule has 19 heavy (non-hydrogen) atoms. The molecule has 0 saturated heterocycles. The van der Waals surface area contributed by atoms with Gasteiger partial charge in [0.05, 0.1) is 12.7 Å². The van der Waals surface area contributed by atoms with Gasteiger partial charge in [-0.2, -0.15) is 0 Å². The fraction of sp³-hybridized carbons (Fsp3) is 0.250. The number of aliphatic hydroxyl groups excluding tert-OH is 2. The SMILES string of the molecule is OCC(O)CNCc1ccc(-c2ccccc2)cc1. The number of nitrogens with one attached hydrogen (secondary N) is 1. The molecule has 3 heteroatoms. The number of aliphatic hydroxyl groups is 2. The minimum atomic E-state index is -0.691. The van der Waals surface area contributed by atoms with Gasteiger partial charge in [0, 0.05) is 13.1 Å². The van der Waals surface area contributed by atoms with Crippen LogP contribution in [0.25, 0.3) is 11.1 Å². The third kappa shape index (κ3) is 4.17. The van der Waals surface area contributed by atoms with Crippen LogP contribution in [-0.2, 0) is 6.54 Å². The smallest absolute Gasteiger partial charge is 0.0895 e. The van der Waals surface area contributed by atoms with Crippen molar-refractivity contribution in [3.63, 3.8) is 0 Å². The molecular weight excluding hydrogens is 238 g/mol. The molecule has 0 aromatic heterocycles. The van der Waals surface area contributed by atoms with E-state index in [1.54, 1.807) is 0 Å². The van der Waals surface area contributed by atoms with Gasteiger partial charge in [-0.25, -0.2) is 0 Å². The van der Waals surface area contributed by atoms with Crippen molar-refractivity contribution in [2.75, 3.05) is 13.2 Å². The summed E-state index contributed by atoms with van der Waals surface area (Å²) in [7, 11) is 0. The van der Waals surface area contributed by atoms with Crippen molar-refractivity contribution in [3.8, 4) is 11.1 Å². The third-order valence-electron chi connectivity index (χ3n) is 2.98. The van der Waals surface area contributed by atoms with Gasteiger partial charge >= 0.3 is 0 Å². The first kappa shape index (κ1) is 13.7. The second kappa shape index (κ2) is 7.04. The maximum absolute atomic E-state index is 9.22. The summed E-state index contributed by atoms with van der Waals surface area (Å²) in [6.45, 7) is 0.878. The first-order valence-corrected chi connectivity index (χ1v) is 6.43. The molecule has 0 saturated carbocycles. The summed E-state index contributed by atoms with van der Waals surface area (Å²) in [5, 5.41) is 21.0. The van der Waals surface area contributed by atoms with Gasteiger partial charge in [0.2, 0.25) is 0 Å². The van der Waals surface area contributed by atoms with E-state index in [0.717, 1.165) is 5.56 Å². The zero-order valence-electron chi connectivity index (χ0n) is 10.8. The summed E-state index contributed by atoms with van der Waals surface area (Å²) in [4.78, 5) is 0. The summed E-state index contributed by atoms with van der Waals surface area (Å²) in [6, 6.07) is 18.6. The summed E-state index contributed by atoms with van der Waals surface area (Å²) >= 11 is 0. The van der Waals surface area contributed by atoms with E-state index >= 15 is 0 Å². The highest BCUT2D eigenvalue weighted by Crippen LogP contribution is 2.19. The van der Waals surface area contributed by atoms with Crippen LogP contribution in [-0.4, -0.2) is 29.5 Å². The normalized spacial score (nSPS) is 12.3. The number of hydrogen-bond acceptors (Lipinski definition) is 3. The molecule has 3 N–H and O–H groups in total. The van der Waals surface area contributed by atoms with Crippen LogP contribution in [0.1, 0.15) is 5.56 Å². The van der Waals surface area contributed by atoms with Gasteiger partial charge in [-0.3, -0.25) is 0 Å². The van der Waals surface area contributed by atoms with Gasteiger partial charge in [-0.15, -0.1) is 0 Å². The van der Waals surface area contributed by atoms with E-state index in [9.17, 15) is 5.11 Å². The van der Waals surface area contributed by atoms with E-state index < -0.39 is 6.10 Å². The molecule has 0 aliphatic rings. The lowest BCUT2D eigenvalue weighted by molar-refractivity contribution is 0.0942. The minimum absolute atomic E-state index is 0.208. The van der Waals surface area contributed by atoms with Crippen molar-refractivity contribution >= 4 is 0 Å². The van der Waals surface area contributed by atoms with Crippen LogP contribution in [0.2, 0.25) is 0 Å². The Balaban J connectivity index is 1.92. The van der Waals surface area contributed by atoms with Crippen molar-refractivity contribution in [3.05, 3.63) is 60.2 Å². The standard InChI is InChI=1S/C16H19NO2/c18-12-16(19)11-17-10-13-6-8-15(9-7-13)14-4-2-1-3-5-14/h1-9,16-19H,10-12H2. The van der Waals surface area contributed by atoms with Crippen molar-refractivity contribution in [2.45, 2.75) is 12.6 Å². The molecule has 0 radical (unpaired) electrons. The monoisotopic (exact) mass is 257 g/mol. The van der Waals surface area contributed by atoms with E-state index in [2.05, 4.69) is 41.7 Å². The first-order valence-electron chi connectivity index (χ1n) is 6.43. The molecule has 0 spiro atoms. The Morgan fingerprint density at radius 1 is 0.895 bits per heavy atom. The van der Waals surface area contributed by atoms with Gasteiger partial charge in [0.1, 0.15) is 0 Å². The highest BCUT2D eigenvalue weighted by Gasteiger charge is 2.01. The molecule has 2 aromatic rings. The molecule has 0 amide bonds. The van der Waals surface area contributed by atoms with Gasteiger partial charge in [-0.1, -0.05) is 54.6 Å². The largest absolute Gasteiger partial charge is 0.394 e. The molecular formula is C16H19NO2. The molecule has 0 heterocycles. The fourth-order valence-electron chi connectivity index (χ4n) is 1.89. The maximum atomic E-state index is 9.22. The summed E-state index contributed by atoms with van der Waals surface area (Å²) < 4.78 is 0. The van der Waals surface area contributed by atoms with Crippen LogP contribution in [0.3, 0.4) is 0 Å². The van der Waals surface area contributed by atoms with Crippen molar-refractivity contribution in [1.29, 1.82) is 0 Å². The van der Waals surface area contributed by atoms with Crippen molar-refractivity contribution < 1.29 is 10.2 Å². The molecule has 1 unspecified atom stereocenters. The third-order valence-corrected chi connectivity index (χ3v) is 2.98. The molecule has 0 aliphatic heterocycles. The second-order valence-electron chi connectivity index (χ2n) is 4.53. The molecule has 1 atom stereocenters. The van der Waals surface area contributed by atoms with Crippen LogP contribution >= 0.6 is 0 Å². The molecule has 0 bridgehead atoms. The molecule has 0 aliphatic carbocycles. The quantitative estimate of drug-likeness (QED) is 0.739. The van der Waals surface area contributed by atoms with E-state index in [0.29, 0.717) is 13.1 Å². The van der Waals surface area contributed by atoms with Crippen molar-refractivity contribution in [2.24, 2.45) is 0 Å². The Bertz CT molecular complexity index is 482. The molecule has 0 fully saturated rings. The fourth-order valence-corrected chi connectivity index (χ4v) is 1.89. The van der Waals surface area contributed by atoms with Crippen LogP contribution in [0.15, 0.2) is 54.6 Å². The Labute approximate surface area is 113 Å². The predicted octanol–water partition coefficient (Wildman–Crippen LogP) is 1.80. The van der Waals surface area contributed by atoms with E-state index in [1.807, 2.05) is 18.2 Å². The molecule has 3 nitrogen and oxygen atoms in total. The van der Waals surface area contributed by atoms with Gasteiger partial charge < -0.3 is 15.5 Å². The molecule has 2 rings (SSSR count). The Morgan fingerprint density at radius 3 is 2.16 bits per heavy atom. The van der Waals surface area contributed by atoms with Crippen LogP contribution in [0.4, 0.5) is 0 Å². The van der Waals surface area contributed by atoms with Crippen LogP contribution < -0.4 is 5.32 Å². The second-order valence-corrected chi connectivity index (χ2v) is 4.53. The van der Waals surface area contributed by atoms with E-state index in [4.69, 9.17) is 5.11 Å². The lowest BCUT2D eigenvalue weighted by atomic mass is 10.0. The van der Waals surface area contributed by atoms with Gasteiger partial charge in [-0.05, 0) is 16.7 Å². The average Bonchev–Trinajstić information content (AvgIpc) is 2.48. The Morgan fingerprint density at radius 2 is 1.53 bits per heavy atom. The van der Waals surface area contributed by atoms with E-state index in [-0.39, 0.29) is 6.61 Å². The molecule has 100 valence electrons. The number of benzene rings is 2. The Kier molecular flexibility index (Phi) is 5.10. The minimum Gasteiger partial charge on any atom is -0.394 e. The lowest BCUT2D eigenvalue weighted by Gasteiger charge is -2.09. The zero-order valence-corrected chi connectivity index (χ0v) is 10.8. The topological polar surface area (TPSA) is 52.5 Å².